The van der Waals surface area contributed by atoms with Crippen LogP contribution in [0.1, 0.15) is 47.1 Å². The van der Waals surface area contributed by atoms with Crippen molar-refractivity contribution in [1.82, 2.24) is 0 Å². The molecule has 0 heterocycles. The Morgan fingerprint density at radius 3 is 2.33 bits per heavy atom. The van der Waals surface area contributed by atoms with E-state index in [1.165, 1.54) is 17.7 Å². The molecule has 4 unspecified atom stereocenters. The molecule has 3 aromatic carbocycles. The zero-order chi connectivity index (χ0) is 21.1. The lowest BCUT2D eigenvalue weighted by Crippen LogP contribution is -2.37. The fourth-order valence-corrected chi connectivity index (χ4v) is 5.11. The fourth-order valence-electron chi connectivity index (χ4n) is 5.11. The van der Waals surface area contributed by atoms with Crippen molar-refractivity contribution in [3.05, 3.63) is 95.1 Å². The largest absolute Gasteiger partial charge is 0.416 e. The topological polar surface area (TPSA) is 52.0 Å². The first-order valence-electron chi connectivity index (χ1n) is 10.2. The summed E-state index contributed by atoms with van der Waals surface area (Å²) >= 11 is 0. The second-order valence-corrected chi connectivity index (χ2v) is 8.59. The molecule has 0 spiro atoms. The molecule has 0 bridgehead atoms. The number of fused-ring (bicyclic) bond motifs is 1. The van der Waals surface area contributed by atoms with E-state index in [9.17, 15) is 13.2 Å². The number of alkyl halides is 3. The maximum absolute atomic E-state index is 13.0. The Hall–Kier alpha value is -2.63. The van der Waals surface area contributed by atoms with Gasteiger partial charge in [0.2, 0.25) is 0 Å². The summed E-state index contributed by atoms with van der Waals surface area (Å²) in [4.78, 5) is 0. The van der Waals surface area contributed by atoms with Gasteiger partial charge in [0.1, 0.15) is 0 Å². The molecule has 30 heavy (non-hydrogen) atoms. The summed E-state index contributed by atoms with van der Waals surface area (Å²) in [5, 5.41) is 0. The first-order valence-corrected chi connectivity index (χ1v) is 10.2. The third kappa shape index (κ3) is 3.13. The lowest BCUT2D eigenvalue weighted by atomic mass is 9.85. The monoisotopic (exact) mass is 408 g/mol. The van der Waals surface area contributed by atoms with Crippen molar-refractivity contribution >= 4 is 0 Å². The molecule has 2 aliphatic carbocycles. The van der Waals surface area contributed by atoms with Gasteiger partial charge in [-0.25, -0.2) is 0 Å². The van der Waals surface area contributed by atoms with Crippen LogP contribution >= 0.6 is 0 Å². The van der Waals surface area contributed by atoms with Gasteiger partial charge in [-0.05, 0) is 64.6 Å². The van der Waals surface area contributed by atoms with Gasteiger partial charge in [-0.15, -0.1) is 0 Å². The molecule has 1 fully saturated rings. The highest BCUT2D eigenvalue weighted by Crippen LogP contribution is 2.60. The van der Waals surface area contributed by atoms with E-state index in [2.05, 4.69) is 12.1 Å². The summed E-state index contributed by atoms with van der Waals surface area (Å²) in [5.74, 6) is 0.676. The van der Waals surface area contributed by atoms with Crippen LogP contribution in [0.3, 0.4) is 0 Å². The van der Waals surface area contributed by atoms with Crippen molar-refractivity contribution in [2.24, 2.45) is 17.4 Å². The third-order valence-electron chi connectivity index (χ3n) is 6.73. The van der Waals surface area contributed by atoms with Crippen LogP contribution in [0.2, 0.25) is 0 Å². The molecule has 4 N–H and O–H groups in total. The van der Waals surface area contributed by atoms with Crippen LogP contribution < -0.4 is 11.5 Å². The zero-order valence-corrected chi connectivity index (χ0v) is 16.4. The van der Waals surface area contributed by atoms with Gasteiger partial charge in [0.25, 0.3) is 0 Å². The fraction of sp³-hybridized carbons (Fsp3) is 0.280. The van der Waals surface area contributed by atoms with Crippen molar-refractivity contribution in [3.63, 3.8) is 0 Å². The van der Waals surface area contributed by atoms with Crippen LogP contribution in [0.25, 0.3) is 11.1 Å². The average Bonchev–Trinajstić information content (AvgIpc) is 3.50. The minimum Gasteiger partial charge on any atom is -0.324 e. The highest BCUT2D eigenvalue weighted by atomic mass is 19.4. The Labute approximate surface area is 173 Å². The molecule has 0 aromatic heterocycles. The molecule has 3 aromatic rings. The van der Waals surface area contributed by atoms with Crippen LogP contribution in [0.5, 0.6) is 0 Å². The van der Waals surface area contributed by atoms with Crippen LogP contribution in [0.4, 0.5) is 13.2 Å². The van der Waals surface area contributed by atoms with Gasteiger partial charge < -0.3 is 11.5 Å². The van der Waals surface area contributed by atoms with Crippen LogP contribution in [0.15, 0.2) is 72.8 Å². The highest BCUT2D eigenvalue weighted by Gasteiger charge is 2.55. The van der Waals surface area contributed by atoms with Crippen molar-refractivity contribution in [1.29, 1.82) is 0 Å². The summed E-state index contributed by atoms with van der Waals surface area (Å²) in [6.45, 7) is 0. The summed E-state index contributed by atoms with van der Waals surface area (Å²) < 4.78 is 39.0. The Kier molecular flexibility index (Phi) is 4.31. The number of hydrogen-bond acceptors (Lipinski definition) is 2. The predicted octanol–water partition coefficient (Wildman–Crippen LogP) is 5.73. The van der Waals surface area contributed by atoms with Gasteiger partial charge in [-0.3, -0.25) is 0 Å². The van der Waals surface area contributed by atoms with Crippen LogP contribution in [-0.2, 0) is 11.7 Å². The van der Waals surface area contributed by atoms with Gasteiger partial charge in [0.05, 0.1) is 5.56 Å². The first kappa shape index (κ1) is 19.3. The summed E-state index contributed by atoms with van der Waals surface area (Å²) in [7, 11) is 0. The Morgan fingerprint density at radius 1 is 0.867 bits per heavy atom. The maximum atomic E-state index is 13.0. The summed E-state index contributed by atoms with van der Waals surface area (Å²) in [5.41, 5.74) is 17.0. The van der Waals surface area contributed by atoms with Crippen molar-refractivity contribution in [2.45, 2.75) is 36.5 Å². The summed E-state index contributed by atoms with van der Waals surface area (Å²) in [6, 6.07) is 21.4. The maximum Gasteiger partial charge on any atom is 0.416 e. The van der Waals surface area contributed by atoms with Crippen molar-refractivity contribution < 1.29 is 13.2 Å². The third-order valence-corrected chi connectivity index (χ3v) is 6.73. The second-order valence-electron chi connectivity index (χ2n) is 8.59. The molecule has 0 aliphatic heterocycles. The van der Waals surface area contributed by atoms with Gasteiger partial charge in [0.15, 0.2) is 0 Å². The Bertz CT molecular complexity index is 1090. The molecule has 0 saturated heterocycles. The smallest absolute Gasteiger partial charge is 0.324 e. The van der Waals surface area contributed by atoms with Gasteiger partial charge in [-0.2, -0.15) is 13.2 Å². The second kappa shape index (κ2) is 6.69. The molecule has 1 saturated carbocycles. The molecule has 0 radical (unpaired) electrons. The van der Waals surface area contributed by atoms with Crippen molar-refractivity contribution in [2.75, 3.05) is 0 Å². The van der Waals surface area contributed by atoms with Crippen LogP contribution in [-0.4, -0.2) is 0 Å². The van der Waals surface area contributed by atoms with Crippen LogP contribution in [0, 0.1) is 5.92 Å². The lowest BCUT2D eigenvalue weighted by molar-refractivity contribution is -0.137. The minimum atomic E-state index is -4.34. The number of hydrogen-bond donors (Lipinski definition) is 2. The van der Waals surface area contributed by atoms with E-state index < -0.39 is 17.3 Å². The SMILES string of the molecule is NC1CC(N)(C2CC2c2ccc(-c3cccc(C(F)(F)F)c3)cc2)c2ccccc21. The molecular formula is C25H23F3N2. The number of benzene rings is 3. The van der Waals surface area contributed by atoms with E-state index in [1.807, 2.05) is 36.4 Å². The molecule has 2 aliphatic rings. The average molecular weight is 408 g/mol. The molecule has 4 atom stereocenters. The Balaban J connectivity index is 1.37. The normalized spacial score (nSPS) is 27.7. The van der Waals surface area contributed by atoms with Gasteiger partial charge in [-0.1, -0.05) is 60.7 Å². The van der Waals surface area contributed by atoms with Gasteiger partial charge >= 0.3 is 6.18 Å². The molecule has 5 heteroatoms. The number of halogens is 3. The summed E-state index contributed by atoms with van der Waals surface area (Å²) in [6.07, 6.45) is -2.60. The Morgan fingerprint density at radius 2 is 1.60 bits per heavy atom. The number of nitrogens with two attached hydrogens (primary N) is 2. The molecule has 2 nitrogen and oxygen atoms in total. The van der Waals surface area contributed by atoms with E-state index in [0.29, 0.717) is 17.4 Å². The van der Waals surface area contributed by atoms with E-state index in [4.69, 9.17) is 11.5 Å². The highest BCUT2D eigenvalue weighted by molar-refractivity contribution is 5.65. The van der Waals surface area contributed by atoms with E-state index in [-0.39, 0.29) is 6.04 Å². The van der Waals surface area contributed by atoms with E-state index in [1.54, 1.807) is 6.07 Å². The first-order chi connectivity index (χ1) is 14.3. The van der Waals surface area contributed by atoms with Gasteiger partial charge in [0, 0.05) is 11.6 Å². The minimum absolute atomic E-state index is 0.0317. The zero-order valence-electron chi connectivity index (χ0n) is 16.4. The van der Waals surface area contributed by atoms with E-state index >= 15 is 0 Å². The number of rotatable bonds is 3. The predicted molar refractivity (Wildman–Crippen MR) is 112 cm³/mol. The molecule has 5 rings (SSSR count). The lowest BCUT2D eigenvalue weighted by Gasteiger charge is -2.26. The quantitative estimate of drug-likeness (QED) is 0.581. The van der Waals surface area contributed by atoms with E-state index in [0.717, 1.165) is 35.6 Å². The molecular weight excluding hydrogens is 385 g/mol. The molecule has 0 amide bonds. The van der Waals surface area contributed by atoms with Crippen molar-refractivity contribution in [3.8, 4) is 11.1 Å². The molecule has 154 valence electrons. The standard InChI is InChI=1S/C25H23F3N2/c26-25(27,28)18-5-3-4-17(12-18)15-8-10-16(11-9-15)20-13-22(20)24(30)14-23(29)19-6-1-2-7-21(19)24/h1-12,20,22-23H,13-14,29-30H2.